The Morgan fingerprint density at radius 2 is 2.10 bits per heavy atom. The van der Waals surface area contributed by atoms with Gasteiger partial charge in [0.1, 0.15) is 5.60 Å². The lowest BCUT2D eigenvalue weighted by Crippen LogP contribution is -2.46. The number of pyridine rings is 1. The first-order valence-corrected chi connectivity index (χ1v) is 7.23. The number of ether oxygens (including phenoxy) is 1. The summed E-state index contributed by atoms with van der Waals surface area (Å²) >= 11 is 0. The largest absolute Gasteiger partial charge is 0.504 e. The summed E-state index contributed by atoms with van der Waals surface area (Å²) in [4.78, 5) is 18.0. The molecular weight excluding hydrogens is 270 g/mol. The minimum Gasteiger partial charge on any atom is -0.504 e. The van der Waals surface area contributed by atoms with Crippen molar-refractivity contribution in [3.63, 3.8) is 0 Å². The standard InChI is InChI=1S/C15H23N3O3/c1-15(2,3)21-14(20)17-11-6-9-18(10-7-11)13-12(19)5-4-8-16-13/h4-5,8,11,19H,6-7,9-10H2,1-3H3,(H,17,20). The molecule has 0 saturated carbocycles. The highest BCUT2D eigenvalue weighted by Gasteiger charge is 2.25. The van der Waals surface area contributed by atoms with Crippen LogP contribution < -0.4 is 10.2 Å². The number of hydrogen-bond donors (Lipinski definition) is 2. The molecule has 0 aromatic carbocycles. The number of nitrogens with one attached hydrogen (secondary N) is 1. The predicted molar refractivity (Wildman–Crippen MR) is 80.5 cm³/mol. The van der Waals surface area contributed by atoms with E-state index in [0.717, 1.165) is 25.9 Å². The molecule has 2 rings (SSSR count). The maximum Gasteiger partial charge on any atom is 0.407 e. The third kappa shape index (κ3) is 4.51. The van der Waals surface area contributed by atoms with Crippen molar-refractivity contribution in [2.75, 3.05) is 18.0 Å². The molecule has 6 nitrogen and oxygen atoms in total. The van der Waals surface area contributed by atoms with Crippen LogP contribution in [0.4, 0.5) is 10.6 Å². The number of piperidine rings is 1. The highest BCUT2D eigenvalue weighted by molar-refractivity contribution is 5.68. The maximum atomic E-state index is 11.7. The number of amides is 1. The molecule has 2 N–H and O–H groups in total. The van der Waals surface area contributed by atoms with Crippen molar-refractivity contribution in [3.8, 4) is 5.75 Å². The minimum atomic E-state index is -0.482. The summed E-state index contributed by atoms with van der Waals surface area (Å²) in [5.41, 5.74) is -0.482. The molecule has 1 fully saturated rings. The van der Waals surface area contributed by atoms with Crippen molar-refractivity contribution in [1.29, 1.82) is 0 Å². The average molecular weight is 293 g/mol. The number of carbonyl (C=O) groups is 1. The fourth-order valence-electron chi connectivity index (χ4n) is 2.34. The number of rotatable bonds is 2. The number of hydrogen-bond acceptors (Lipinski definition) is 5. The fraction of sp³-hybridized carbons (Fsp3) is 0.600. The van der Waals surface area contributed by atoms with E-state index in [1.807, 2.05) is 25.7 Å². The summed E-state index contributed by atoms with van der Waals surface area (Å²) in [5, 5.41) is 12.7. The van der Waals surface area contributed by atoms with E-state index in [1.165, 1.54) is 0 Å². The van der Waals surface area contributed by atoms with Gasteiger partial charge in [-0.3, -0.25) is 0 Å². The molecule has 116 valence electrons. The highest BCUT2D eigenvalue weighted by atomic mass is 16.6. The molecule has 0 unspecified atom stereocenters. The van der Waals surface area contributed by atoms with Gasteiger partial charge in [0.15, 0.2) is 11.6 Å². The lowest BCUT2D eigenvalue weighted by atomic mass is 10.1. The molecule has 0 atom stereocenters. The number of carbonyl (C=O) groups excluding carboxylic acids is 1. The normalized spacial score (nSPS) is 16.6. The summed E-state index contributed by atoms with van der Waals surface area (Å²) < 4.78 is 5.26. The van der Waals surface area contributed by atoms with E-state index in [0.29, 0.717) is 5.82 Å². The van der Waals surface area contributed by atoms with E-state index in [2.05, 4.69) is 10.3 Å². The second-order valence-corrected chi connectivity index (χ2v) is 6.25. The molecule has 1 aliphatic rings. The Morgan fingerprint density at radius 3 is 2.67 bits per heavy atom. The van der Waals surface area contributed by atoms with Crippen LogP contribution in [-0.2, 0) is 4.74 Å². The van der Waals surface area contributed by atoms with E-state index >= 15 is 0 Å². The van der Waals surface area contributed by atoms with Gasteiger partial charge in [0.25, 0.3) is 0 Å². The van der Waals surface area contributed by atoms with Gasteiger partial charge in [-0.2, -0.15) is 0 Å². The topological polar surface area (TPSA) is 74.7 Å². The molecule has 21 heavy (non-hydrogen) atoms. The van der Waals surface area contributed by atoms with Gasteiger partial charge in [-0.25, -0.2) is 9.78 Å². The number of anilines is 1. The van der Waals surface area contributed by atoms with Gasteiger partial charge >= 0.3 is 6.09 Å². The predicted octanol–water partition coefficient (Wildman–Crippen LogP) is 2.28. The third-order valence-electron chi connectivity index (χ3n) is 3.28. The summed E-state index contributed by atoms with van der Waals surface area (Å²) in [6, 6.07) is 3.44. The Hall–Kier alpha value is -1.98. The minimum absolute atomic E-state index is 0.0990. The molecule has 1 aromatic rings. The van der Waals surface area contributed by atoms with Crippen LogP contribution in [0.15, 0.2) is 18.3 Å². The Bertz CT molecular complexity index is 491. The molecule has 1 saturated heterocycles. The number of alkyl carbamates (subject to hydrolysis) is 1. The highest BCUT2D eigenvalue weighted by Crippen LogP contribution is 2.26. The van der Waals surface area contributed by atoms with Crippen molar-refractivity contribution in [2.45, 2.75) is 45.3 Å². The van der Waals surface area contributed by atoms with Crippen LogP contribution >= 0.6 is 0 Å². The number of nitrogens with zero attached hydrogens (tertiary/aromatic N) is 2. The van der Waals surface area contributed by atoms with Gasteiger partial charge in [-0.1, -0.05) is 0 Å². The molecule has 2 heterocycles. The van der Waals surface area contributed by atoms with Gasteiger partial charge in [0.05, 0.1) is 0 Å². The third-order valence-corrected chi connectivity index (χ3v) is 3.28. The number of aromatic hydroxyl groups is 1. The van der Waals surface area contributed by atoms with Crippen molar-refractivity contribution in [1.82, 2.24) is 10.3 Å². The second-order valence-electron chi connectivity index (χ2n) is 6.25. The summed E-state index contributed by atoms with van der Waals surface area (Å²) in [5.74, 6) is 0.796. The SMILES string of the molecule is CC(C)(C)OC(=O)NC1CCN(c2ncccc2O)CC1. The molecular formula is C15H23N3O3. The summed E-state index contributed by atoms with van der Waals surface area (Å²) in [7, 11) is 0. The maximum absolute atomic E-state index is 11.7. The van der Waals surface area contributed by atoms with Crippen molar-refractivity contribution < 1.29 is 14.6 Å². The Labute approximate surface area is 125 Å². The zero-order chi connectivity index (χ0) is 15.5. The lowest BCUT2D eigenvalue weighted by molar-refractivity contribution is 0.0497. The first-order chi connectivity index (χ1) is 9.85. The van der Waals surface area contributed by atoms with Gasteiger partial charge in [-0.15, -0.1) is 0 Å². The molecule has 1 aliphatic heterocycles. The summed E-state index contributed by atoms with van der Waals surface area (Å²) in [6.07, 6.45) is 2.89. The van der Waals surface area contributed by atoms with E-state index in [9.17, 15) is 9.90 Å². The molecule has 0 spiro atoms. The van der Waals surface area contributed by atoms with Crippen LogP contribution in [0.3, 0.4) is 0 Å². The van der Waals surface area contributed by atoms with Crippen molar-refractivity contribution >= 4 is 11.9 Å². The van der Waals surface area contributed by atoms with Crippen LogP contribution in [-0.4, -0.2) is 40.9 Å². The molecule has 0 bridgehead atoms. The van der Waals surface area contributed by atoms with Gasteiger partial charge < -0.3 is 20.1 Å². The zero-order valence-corrected chi connectivity index (χ0v) is 12.8. The van der Waals surface area contributed by atoms with Gasteiger partial charge in [0, 0.05) is 25.3 Å². The molecule has 0 radical (unpaired) electrons. The molecule has 6 heteroatoms. The van der Waals surface area contributed by atoms with E-state index in [1.54, 1.807) is 18.3 Å². The smallest absolute Gasteiger partial charge is 0.407 e. The first kappa shape index (κ1) is 15.4. The molecule has 1 amide bonds. The lowest BCUT2D eigenvalue weighted by Gasteiger charge is -2.33. The van der Waals surface area contributed by atoms with Crippen LogP contribution in [0.1, 0.15) is 33.6 Å². The van der Waals surface area contributed by atoms with E-state index in [-0.39, 0.29) is 17.9 Å². The first-order valence-electron chi connectivity index (χ1n) is 7.23. The van der Waals surface area contributed by atoms with Crippen LogP contribution in [0, 0.1) is 0 Å². The quantitative estimate of drug-likeness (QED) is 0.875. The molecule has 1 aromatic heterocycles. The number of aromatic nitrogens is 1. The Kier molecular flexibility index (Phi) is 4.55. The average Bonchev–Trinajstić information content (AvgIpc) is 2.38. The van der Waals surface area contributed by atoms with Crippen LogP contribution in [0.2, 0.25) is 0 Å². The van der Waals surface area contributed by atoms with E-state index < -0.39 is 5.60 Å². The van der Waals surface area contributed by atoms with Crippen molar-refractivity contribution in [3.05, 3.63) is 18.3 Å². The monoisotopic (exact) mass is 293 g/mol. The fourth-order valence-corrected chi connectivity index (χ4v) is 2.34. The van der Waals surface area contributed by atoms with Gasteiger partial charge in [-0.05, 0) is 45.7 Å². The Morgan fingerprint density at radius 1 is 1.43 bits per heavy atom. The van der Waals surface area contributed by atoms with Crippen LogP contribution in [0.5, 0.6) is 5.75 Å². The Balaban J connectivity index is 1.84. The molecule has 0 aliphatic carbocycles. The van der Waals surface area contributed by atoms with E-state index in [4.69, 9.17) is 4.74 Å². The van der Waals surface area contributed by atoms with Crippen LogP contribution in [0.25, 0.3) is 0 Å². The van der Waals surface area contributed by atoms with Crippen molar-refractivity contribution in [2.24, 2.45) is 0 Å². The zero-order valence-electron chi connectivity index (χ0n) is 12.8. The second kappa shape index (κ2) is 6.20. The summed E-state index contributed by atoms with van der Waals surface area (Å²) in [6.45, 7) is 7.02. The van der Waals surface area contributed by atoms with Gasteiger partial charge in [0.2, 0.25) is 0 Å².